The van der Waals surface area contributed by atoms with Crippen molar-refractivity contribution in [2.45, 2.75) is 18.8 Å². The molecule has 1 heterocycles. The molecule has 1 fully saturated rings. The Kier molecular flexibility index (Phi) is 3.36. The highest BCUT2D eigenvalue weighted by atomic mass is 19.3. The van der Waals surface area contributed by atoms with Crippen LogP contribution in [0.1, 0.15) is 12.8 Å². The van der Waals surface area contributed by atoms with Gasteiger partial charge in [0.1, 0.15) is 17.3 Å². The average molecular weight is 263 g/mol. The van der Waals surface area contributed by atoms with Crippen LogP contribution < -0.4 is 9.64 Å². The van der Waals surface area contributed by atoms with Crippen molar-refractivity contribution in [3.8, 4) is 5.75 Å². The summed E-state index contributed by atoms with van der Waals surface area (Å²) in [5, 5.41) is 0. The number of nitrogens with zero attached hydrogens (tertiary/aromatic N) is 1. The lowest BCUT2D eigenvalue weighted by Crippen LogP contribution is -2.40. The van der Waals surface area contributed by atoms with E-state index in [0.29, 0.717) is 0 Å². The molecule has 1 aliphatic heterocycles. The molecule has 0 N–H and O–H groups in total. The van der Waals surface area contributed by atoms with Gasteiger partial charge in [-0.1, -0.05) is 0 Å². The first kappa shape index (κ1) is 13.0. The zero-order chi connectivity index (χ0) is 13.3. The maximum Gasteiger partial charge on any atom is 0.251 e. The molecular formula is C12H13F4NO. The van der Waals surface area contributed by atoms with Gasteiger partial charge in [-0.25, -0.2) is 17.6 Å². The van der Waals surface area contributed by atoms with E-state index in [1.807, 2.05) is 0 Å². The van der Waals surface area contributed by atoms with Crippen LogP contribution >= 0.6 is 0 Å². The minimum Gasteiger partial charge on any atom is -0.494 e. The molecule has 0 radical (unpaired) electrons. The monoisotopic (exact) mass is 263 g/mol. The fourth-order valence-corrected chi connectivity index (χ4v) is 2.06. The zero-order valence-electron chi connectivity index (χ0n) is 9.85. The van der Waals surface area contributed by atoms with Gasteiger partial charge in [-0.3, -0.25) is 0 Å². The maximum atomic E-state index is 13.7. The van der Waals surface area contributed by atoms with Gasteiger partial charge in [0.05, 0.1) is 7.11 Å². The first-order valence-corrected chi connectivity index (χ1v) is 5.59. The standard InChI is InChI=1S/C12H13F4NO/c1-18-10-7-8(13)6-9(14)11(10)17-4-2-12(15,16)3-5-17/h6-7H,2-5H2,1H3. The number of benzene rings is 1. The predicted molar refractivity (Wildman–Crippen MR) is 59.3 cm³/mol. The van der Waals surface area contributed by atoms with Crippen LogP contribution in [0, 0.1) is 11.6 Å². The van der Waals surface area contributed by atoms with E-state index < -0.39 is 17.6 Å². The van der Waals surface area contributed by atoms with Gasteiger partial charge in [0.2, 0.25) is 0 Å². The fourth-order valence-electron chi connectivity index (χ4n) is 2.06. The molecule has 6 heteroatoms. The van der Waals surface area contributed by atoms with Crippen LogP contribution in [0.2, 0.25) is 0 Å². The Morgan fingerprint density at radius 3 is 2.33 bits per heavy atom. The number of rotatable bonds is 2. The molecular weight excluding hydrogens is 250 g/mol. The Bertz CT molecular complexity index is 440. The molecule has 2 nitrogen and oxygen atoms in total. The number of ether oxygens (including phenoxy) is 1. The number of hydrogen-bond donors (Lipinski definition) is 0. The summed E-state index contributed by atoms with van der Waals surface area (Å²) in [5.41, 5.74) is 0.0504. The molecule has 0 saturated carbocycles. The summed E-state index contributed by atoms with van der Waals surface area (Å²) in [6.07, 6.45) is -0.681. The molecule has 0 aliphatic carbocycles. The predicted octanol–water partition coefficient (Wildman–Crippen LogP) is 3.21. The molecule has 1 aromatic rings. The summed E-state index contributed by atoms with van der Waals surface area (Å²) in [4.78, 5) is 1.46. The minimum absolute atomic E-state index is 0.0198. The molecule has 0 atom stereocenters. The van der Waals surface area contributed by atoms with Crippen molar-refractivity contribution in [2.75, 3.05) is 25.1 Å². The summed E-state index contributed by atoms with van der Waals surface area (Å²) in [6, 6.07) is 1.77. The maximum absolute atomic E-state index is 13.7. The van der Waals surface area contributed by atoms with E-state index in [-0.39, 0.29) is 37.4 Å². The lowest BCUT2D eigenvalue weighted by Gasteiger charge is -2.34. The summed E-state index contributed by atoms with van der Waals surface area (Å²) >= 11 is 0. The van der Waals surface area contributed by atoms with Crippen LogP contribution in [0.15, 0.2) is 12.1 Å². The number of hydrogen-bond acceptors (Lipinski definition) is 2. The number of methoxy groups -OCH3 is 1. The molecule has 1 aromatic carbocycles. The van der Waals surface area contributed by atoms with Gasteiger partial charge in [0, 0.05) is 38.1 Å². The van der Waals surface area contributed by atoms with E-state index in [9.17, 15) is 17.6 Å². The fraction of sp³-hybridized carbons (Fsp3) is 0.500. The lowest BCUT2D eigenvalue weighted by molar-refractivity contribution is -0.0222. The molecule has 1 saturated heterocycles. The van der Waals surface area contributed by atoms with E-state index in [1.165, 1.54) is 12.0 Å². The number of alkyl halides is 2. The van der Waals surface area contributed by atoms with Gasteiger partial charge in [-0.05, 0) is 0 Å². The highest BCUT2D eigenvalue weighted by Gasteiger charge is 2.35. The highest BCUT2D eigenvalue weighted by Crippen LogP contribution is 2.37. The van der Waals surface area contributed by atoms with E-state index in [2.05, 4.69) is 0 Å². The third-order valence-electron chi connectivity index (χ3n) is 3.02. The van der Waals surface area contributed by atoms with Crippen molar-refractivity contribution in [3.05, 3.63) is 23.8 Å². The molecule has 18 heavy (non-hydrogen) atoms. The van der Waals surface area contributed by atoms with Gasteiger partial charge in [-0.2, -0.15) is 0 Å². The van der Waals surface area contributed by atoms with Crippen LogP contribution in [-0.4, -0.2) is 26.1 Å². The van der Waals surface area contributed by atoms with Crippen LogP contribution in [-0.2, 0) is 0 Å². The Hall–Kier alpha value is -1.46. The van der Waals surface area contributed by atoms with Gasteiger partial charge < -0.3 is 9.64 Å². The molecule has 0 bridgehead atoms. The first-order chi connectivity index (χ1) is 8.43. The summed E-state index contributed by atoms with van der Waals surface area (Å²) in [7, 11) is 1.29. The Labute approximate surface area is 102 Å². The largest absolute Gasteiger partial charge is 0.494 e. The second-order valence-corrected chi connectivity index (χ2v) is 4.28. The zero-order valence-corrected chi connectivity index (χ0v) is 9.85. The topological polar surface area (TPSA) is 12.5 Å². The molecule has 0 unspecified atom stereocenters. The van der Waals surface area contributed by atoms with E-state index in [1.54, 1.807) is 0 Å². The van der Waals surface area contributed by atoms with Gasteiger partial charge >= 0.3 is 0 Å². The van der Waals surface area contributed by atoms with Crippen molar-refractivity contribution >= 4 is 5.69 Å². The molecule has 0 aromatic heterocycles. The van der Waals surface area contributed by atoms with Gasteiger partial charge in [0.25, 0.3) is 5.92 Å². The second kappa shape index (κ2) is 4.66. The third kappa shape index (κ3) is 2.52. The summed E-state index contributed by atoms with van der Waals surface area (Å²) in [5.74, 6) is -4.23. The first-order valence-electron chi connectivity index (χ1n) is 5.59. The van der Waals surface area contributed by atoms with Gasteiger partial charge in [-0.15, -0.1) is 0 Å². The van der Waals surface area contributed by atoms with Crippen molar-refractivity contribution in [1.82, 2.24) is 0 Å². The SMILES string of the molecule is COc1cc(F)cc(F)c1N1CCC(F)(F)CC1. The van der Waals surface area contributed by atoms with E-state index >= 15 is 0 Å². The van der Waals surface area contributed by atoms with Crippen molar-refractivity contribution in [2.24, 2.45) is 0 Å². The minimum atomic E-state index is -2.71. The number of halogens is 4. The van der Waals surface area contributed by atoms with Crippen LogP contribution in [0.4, 0.5) is 23.2 Å². The van der Waals surface area contributed by atoms with Crippen molar-refractivity contribution < 1.29 is 22.3 Å². The second-order valence-electron chi connectivity index (χ2n) is 4.28. The van der Waals surface area contributed by atoms with Crippen molar-refractivity contribution in [3.63, 3.8) is 0 Å². The van der Waals surface area contributed by atoms with E-state index in [0.717, 1.165) is 12.1 Å². The quantitative estimate of drug-likeness (QED) is 0.760. The molecule has 2 rings (SSSR count). The molecule has 1 aliphatic rings. The van der Waals surface area contributed by atoms with Gasteiger partial charge in [0.15, 0.2) is 5.82 Å². The highest BCUT2D eigenvalue weighted by molar-refractivity contribution is 5.60. The smallest absolute Gasteiger partial charge is 0.251 e. The normalized spacial score (nSPS) is 18.8. The lowest BCUT2D eigenvalue weighted by atomic mass is 10.1. The molecule has 100 valence electrons. The van der Waals surface area contributed by atoms with Crippen LogP contribution in [0.25, 0.3) is 0 Å². The third-order valence-corrected chi connectivity index (χ3v) is 3.02. The molecule has 0 spiro atoms. The number of anilines is 1. The van der Waals surface area contributed by atoms with Crippen molar-refractivity contribution in [1.29, 1.82) is 0 Å². The number of piperidine rings is 1. The summed E-state index contributed by atoms with van der Waals surface area (Å²) < 4.78 is 57.7. The van der Waals surface area contributed by atoms with Crippen LogP contribution in [0.3, 0.4) is 0 Å². The molecule has 0 amide bonds. The Morgan fingerprint density at radius 2 is 1.78 bits per heavy atom. The Morgan fingerprint density at radius 1 is 1.17 bits per heavy atom. The Balaban J connectivity index is 2.29. The van der Waals surface area contributed by atoms with Crippen LogP contribution in [0.5, 0.6) is 5.75 Å². The van der Waals surface area contributed by atoms with E-state index in [4.69, 9.17) is 4.74 Å². The summed E-state index contributed by atoms with van der Waals surface area (Å²) in [6.45, 7) is 0.0395. The average Bonchev–Trinajstić information content (AvgIpc) is 2.29.